The van der Waals surface area contributed by atoms with Gasteiger partial charge in [-0.05, 0) is 39.5 Å². The zero-order chi connectivity index (χ0) is 12.7. The molecule has 1 N–H and O–H groups in total. The number of esters is 1. The van der Waals surface area contributed by atoms with Crippen LogP contribution in [-0.2, 0) is 9.53 Å². The predicted octanol–water partition coefficient (Wildman–Crippen LogP) is 3.16. The predicted molar refractivity (Wildman–Crippen MR) is 69.6 cm³/mol. The molecule has 0 saturated heterocycles. The van der Waals surface area contributed by atoms with E-state index in [1.54, 1.807) is 0 Å². The Balaban J connectivity index is 2.67. The van der Waals surface area contributed by atoms with Gasteiger partial charge in [-0.2, -0.15) is 0 Å². The molecule has 0 aromatic heterocycles. The van der Waals surface area contributed by atoms with E-state index in [1.807, 2.05) is 6.92 Å². The van der Waals surface area contributed by atoms with Gasteiger partial charge in [-0.1, -0.05) is 19.8 Å². The quantitative estimate of drug-likeness (QED) is 0.571. The Labute approximate surface area is 105 Å². The van der Waals surface area contributed by atoms with Crippen LogP contribution in [-0.4, -0.2) is 18.6 Å². The molecule has 1 heterocycles. The molecule has 0 bridgehead atoms. The smallest absolute Gasteiger partial charge is 0.335 e. The summed E-state index contributed by atoms with van der Waals surface area (Å²) in [5.41, 5.74) is 2.00. The van der Waals surface area contributed by atoms with Crippen molar-refractivity contribution in [2.75, 3.05) is 6.61 Å². The van der Waals surface area contributed by atoms with Crippen LogP contribution < -0.4 is 5.32 Å². The van der Waals surface area contributed by atoms with Crippen molar-refractivity contribution in [3.05, 3.63) is 11.3 Å². The highest BCUT2D eigenvalue weighted by molar-refractivity contribution is 5.89. The average Bonchev–Trinajstić information content (AvgIpc) is 2.30. The Hall–Kier alpha value is -0.990. The van der Waals surface area contributed by atoms with Crippen molar-refractivity contribution in [3.63, 3.8) is 0 Å². The number of carbonyl (C=O) groups excluding carboxylic acids is 1. The summed E-state index contributed by atoms with van der Waals surface area (Å²) >= 11 is 0. The van der Waals surface area contributed by atoms with Gasteiger partial charge in [-0.15, -0.1) is 0 Å². The highest BCUT2D eigenvalue weighted by atomic mass is 16.5. The molecule has 17 heavy (non-hydrogen) atoms. The van der Waals surface area contributed by atoms with Gasteiger partial charge >= 0.3 is 5.97 Å². The molecule has 0 spiro atoms. The molecule has 3 nitrogen and oxygen atoms in total. The second-order valence-electron chi connectivity index (χ2n) is 4.72. The van der Waals surface area contributed by atoms with Gasteiger partial charge < -0.3 is 10.1 Å². The number of ether oxygens (including phenoxy) is 1. The van der Waals surface area contributed by atoms with Gasteiger partial charge in [0.2, 0.25) is 0 Å². The first kappa shape index (κ1) is 14.1. The number of carbonyl (C=O) groups is 1. The number of allylic oxidation sites excluding steroid dienone is 1. The molecule has 0 aromatic carbocycles. The first-order valence-corrected chi connectivity index (χ1v) is 6.84. The van der Waals surface area contributed by atoms with Gasteiger partial charge in [0.15, 0.2) is 0 Å². The monoisotopic (exact) mass is 239 g/mol. The molecule has 0 aromatic rings. The maximum Gasteiger partial charge on any atom is 0.335 e. The van der Waals surface area contributed by atoms with Crippen molar-refractivity contribution in [1.82, 2.24) is 5.32 Å². The summed E-state index contributed by atoms with van der Waals surface area (Å²) in [6.45, 7) is 6.67. The summed E-state index contributed by atoms with van der Waals surface area (Å²) in [4.78, 5) is 11.8. The van der Waals surface area contributed by atoms with Crippen molar-refractivity contribution in [3.8, 4) is 0 Å². The SMILES string of the molecule is CCCCCC1=C(C(=O)OCC)CCC(C)N1. The van der Waals surface area contributed by atoms with E-state index in [-0.39, 0.29) is 5.97 Å². The van der Waals surface area contributed by atoms with Crippen LogP contribution in [0.5, 0.6) is 0 Å². The molecule has 0 fully saturated rings. The molecule has 1 atom stereocenters. The second-order valence-corrected chi connectivity index (χ2v) is 4.72. The van der Waals surface area contributed by atoms with Crippen LogP contribution in [0.15, 0.2) is 11.3 Å². The van der Waals surface area contributed by atoms with E-state index >= 15 is 0 Å². The van der Waals surface area contributed by atoms with Gasteiger partial charge in [0.25, 0.3) is 0 Å². The number of rotatable bonds is 6. The Bertz CT molecular complexity index is 284. The van der Waals surface area contributed by atoms with Gasteiger partial charge in [0.05, 0.1) is 12.2 Å². The minimum atomic E-state index is -0.126. The highest BCUT2D eigenvalue weighted by Crippen LogP contribution is 2.23. The molecule has 0 amide bonds. The molecule has 1 unspecified atom stereocenters. The maximum atomic E-state index is 11.8. The minimum absolute atomic E-state index is 0.126. The molecular formula is C14H25NO2. The van der Waals surface area contributed by atoms with Gasteiger partial charge in [0.1, 0.15) is 0 Å². The lowest BCUT2D eigenvalue weighted by Crippen LogP contribution is -2.33. The Morgan fingerprint density at radius 1 is 1.41 bits per heavy atom. The summed E-state index contributed by atoms with van der Waals surface area (Å²) in [6.07, 6.45) is 6.42. The summed E-state index contributed by atoms with van der Waals surface area (Å²) in [5, 5.41) is 3.44. The molecule has 1 aliphatic heterocycles. The Morgan fingerprint density at radius 3 is 2.82 bits per heavy atom. The van der Waals surface area contributed by atoms with Crippen molar-refractivity contribution < 1.29 is 9.53 Å². The van der Waals surface area contributed by atoms with Crippen LogP contribution in [0.25, 0.3) is 0 Å². The average molecular weight is 239 g/mol. The normalized spacial score (nSPS) is 20.1. The zero-order valence-corrected chi connectivity index (χ0v) is 11.3. The third-order valence-corrected chi connectivity index (χ3v) is 3.16. The van der Waals surface area contributed by atoms with Gasteiger partial charge in [0, 0.05) is 11.7 Å². The number of nitrogens with one attached hydrogen (secondary N) is 1. The third-order valence-electron chi connectivity index (χ3n) is 3.16. The van der Waals surface area contributed by atoms with Gasteiger partial charge in [-0.3, -0.25) is 0 Å². The largest absolute Gasteiger partial charge is 0.463 e. The first-order valence-electron chi connectivity index (χ1n) is 6.84. The van der Waals surface area contributed by atoms with Crippen LogP contribution in [0.4, 0.5) is 0 Å². The molecule has 0 saturated carbocycles. The van der Waals surface area contributed by atoms with Crippen LogP contribution in [0.1, 0.15) is 59.3 Å². The maximum absolute atomic E-state index is 11.8. The molecule has 1 aliphatic rings. The summed E-state index contributed by atoms with van der Waals surface area (Å²) in [7, 11) is 0. The second kappa shape index (κ2) is 7.36. The van der Waals surface area contributed by atoms with Crippen LogP contribution in [0.2, 0.25) is 0 Å². The molecule has 1 rings (SSSR count). The fraction of sp³-hybridized carbons (Fsp3) is 0.786. The van der Waals surface area contributed by atoms with E-state index in [0.29, 0.717) is 12.6 Å². The molecule has 0 aliphatic carbocycles. The zero-order valence-electron chi connectivity index (χ0n) is 11.3. The van der Waals surface area contributed by atoms with Crippen molar-refractivity contribution >= 4 is 5.97 Å². The summed E-state index contributed by atoms with van der Waals surface area (Å²) in [5.74, 6) is -0.126. The Kier molecular flexibility index (Phi) is 6.09. The summed E-state index contributed by atoms with van der Waals surface area (Å²) in [6, 6.07) is 0.477. The van der Waals surface area contributed by atoms with Crippen molar-refractivity contribution in [2.24, 2.45) is 0 Å². The van der Waals surface area contributed by atoms with E-state index < -0.39 is 0 Å². The highest BCUT2D eigenvalue weighted by Gasteiger charge is 2.22. The number of hydrogen-bond acceptors (Lipinski definition) is 3. The lowest BCUT2D eigenvalue weighted by Gasteiger charge is -2.26. The first-order chi connectivity index (χ1) is 8.19. The third kappa shape index (κ3) is 4.41. The van der Waals surface area contributed by atoms with E-state index in [0.717, 1.165) is 37.0 Å². The lowest BCUT2D eigenvalue weighted by molar-refractivity contribution is -0.138. The fourth-order valence-corrected chi connectivity index (χ4v) is 2.19. The molecular weight excluding hydrogens is 214 g/mol. The van der Waals surface area contributed by atoms with E-state index in [1.165, 1.54) is 12.8 Å². The molecule has 3 heteroatoms. The number of unbranched alkanes of at least 4 members (excludes halogenated alkanes) is 2. The van der Waals surface area contributed by atoms with Gasteiger partial charge in [-0.25, -0.2) is 4.79 Å². The topological polar surface area (TPSA) is 38.3 Å². The summed E-state index contributed by atoms with van der Waals surface area (Å²) < 4.78 is 5.12. The minimum Gasteiger partial charge on any atom is -0.463 e. The lowest BCUT2D eigenvalue weighted by atomic mass is 9.96. The van der Waals surface area contributed by atoms with Crippen LogP contribution >= 0.6 is 0 Å². The molecule has 98 valence electrons. The van der Waals surface area contributed by atoms with Crippen molar-refractivity contribution in [1.29, 1.82) is 0 Å². The van der Waals surface area contributed by atoms with E-state index in [2.05, 4.69) is 19.2 Å². The van der Waals surface area contributed by atoms with Crippen LogP contribution in [0, 0.1) is 0 Å². The standard InChI is InChI=1S/C14H25NO2/c1-4-6-7-8-13-12(14(16)17-5-2)10-9-11(3)15-13/h11,15H,4-10H2,1-3H3. The van der Waals surface area contributed by atoms with E-state index in [9.17, 15) is 4.79 Å². The number of hydrogen-bond donors (Lipinski definition) is 1. The Morgan fingerprint density at radius 2 is 2.18 bits per heavy atom. The van der Waals surface area contributed by atoms with E-state index in [4.69, 9.17) is 4.74 Å². The van der Waals surface area contributed by atoms with Crippen molar-refractivity contribution in [2.45, 2.75) is 65.3 Å². The molecule has 0 radical (unpaired) electrons. The van der Waals surface area contributed by atoms with Crippen LogP contribution in [0.3, 0.4) is 0 Å². The fourth-order valence-electron chi connectivity index (χ4n) is 2.19.